The largest absolute Gasteiger partial charge is 0.236 e. The fourth-order valence-electron chi connectivity index (χ4n) is 1.61. The third kappa shape index (κ3) is 1.66. The molecule has 17 heavy (non-hydrogen) atoms. The highest BCUT2D eigenvalue weighted by atomic mass is 32.2. The van der Waals surface area contributed by atoms with Gasteiger partial charge in [0.05, 0.1) is 11.0 Å². The van der Waals surface area contributed by atoms with E-state index in [9.17, 15) is 0 Å². The summed E-state index contributed by atoms with van der Waals surface area (Å²) in [5.74, 6) is 0.786. The first kappa shape index (κ1) is 10.2. The summed E-state index contributed by atoms with van der Waals surface area (Å²) in [6.45, 7) is 3.70. The number of tetrazole rings is 1. The van der Waals surface area contributed by atoms with Crippen molar-refractivity contribution >= 4 is 28.4 Å². The van der Waals surface area contributed by atoms with Gasteiger partial charge in [0.1, 0.15) is 5.03 Å². The average Bonchev–Trinajstić information content (AvgIpc) is 2.85. The molecule has 5 nitrogen and oxygen atoms in total. The van der Waals surface area contributed by atoms with Crippen LogP contribution >= 0.6 is 11.8 Å². The van der Waals surface area contributed by atoms with Crippen molar-refractivity contribution in [2.75, 3.05) is 5.75 Å². The lowest BCUT2D eigenvalue weighted by Crippen LogP contribution is -1.96. The topological polar surface area (TPSA) is 56.0 Å². The number of aromatic nitrogens is 5. The third-order valence-corrected chi connectivity index (χ3v) is 3.28. The van der Waals surface area contributed by atoms with Crippen LogP contribution in [0, 0.1) is 0 Å². The molecular weight excluding hydrogens is 234 g/mol. The first-order valence-corrected chi connectivity index (χ1v) is 6.09. The van der Waals surface area contributed by atoms with Crippen LogP contribution in [0.1, 0.15) is 0 Å². The Hall–Kier alpha value is -1.95. The quantitative estimate of drug-likeness (QED) is 0.520. The van der Waals surface area contributed by atoms with Gasteiger partial charge in [0.15, 0.2) is 0 Å². The summed E-state index contributed by atoms with van der Waals surface area (Å²) in [4.78, 5) is 4.56. The van der Waals surface area contributed by atoms with Gasteiger partial charge >= 0.3 is 0 Å². The maximum atomic E-state index is 4.56. The van der Waals surface area contributed by atoms with Crippen molar-refractivity contribution in [1.29, 1.82) is 0 Å². The van der Waals surface area contributed by atoms with E-state index in [2.05, 4.69) is 27.1 Å². The smallest absolute Gasteiger partial charge is 0.212 e. The number of thioether (sulfide) groups is 1. The van der Waals surface area contributed by atoms with Crippen LogP contribution in [0.3, 0.4) is 0 Å². The summed E-state index contributed by atoms with van der Waals surface area (Å²) >= 11 is 1.58. The van der Waals surface area contributed by atoms with Crippen LogP contribution in [-0.2, 0) is 0 Å². The van der Waals surface area contributed by atoms with E-state index in [1.165, 1.54) is 0 Å². The van der Waals surface area contributed by atoms with E-state index in [1.54, 1.807) is 16.3 Å². The van der Waals surface area contributed by atoms with Gasteiger partial charge in [-0.1, -0.05) is 30.0 Å². The molecule has 6 heteroatoms. The van der Waals surface area contributed by atoms with E-state index in [4.69, 9.17) is 0 Å². The minimum Gasteiger partial charge on any atom is -0.236 e. The van der Waals surface area contributed by atoms with Crippen molar-refractivity contribution in [3.05, 3.63) is 36.9 Å². The molecule has 0 unspecified atom stereocenters. The van der Waals surface area contributed by atoms with Gasteiger partial charge in [-0.25, -0.2) is 4.98 Å². The van der Waals surface area contributed by atoms with Crippen molar-refractivity contribution in [1.82, 2.24) is 25.0 Å². The maximum absolute atomic E-state index is 4.56. The van der Waals surface area contributed by atoms with Gasteiger partial charge in [0, 0.05) is 5.75 Å². The third-order valence-electron chi connectivity index (χ3n) is 2.33. The number of fused-ring (bicyclic) bond motifs is 3. The summed E-state index contributed by atoms with van der Waals surface area (Å²) in [5.41, 5.74) is 2.49. The van der Waals surface area contributed by atoms with Gasteiger partial charge in [-0.05, 0) is 22.6 Å². The van der Waals surface area contributed by atoms with E-state index >= 15 is 0 Å². The highest BCUT2D eigenvalue weighted by molar-refractivity contribution is 7.99. The summed E-state index contributed by atoms with van der Waals surface area (Å²) in [7, 11) is 0. The molecule has 0 aliphatic heterocycles. The number of benzene rings is 1. The molecule has 3 rings (SSSR count). The van der Waals surface area contributed by atoms with Crippen LogP contribution in [0.2, 0.25) is 0 Å². The molecule has 0 saturated carbocycles. The molecule has 1 aromatic carbocycles. The van der Waals surface area contributed by atoms with Crippen LogP contribution in [0.5, 0.6) is 0 Å². The van der Waals surface area contributed by atoms with E-state index in [0.29, 0.717) is 5.65 Å². The molecule has 2 aromatic heterocycles. The van der Waals surface area contributed by atoms with E-state index in [0.717, 1.165) is 21.8 Å². The van der Waals surface area contributed by atoms with Crippen molar-refractivity contribution in [2.45, 2.75) is 5.03 Å². The van der Waals surface area contributed by atoms with Crippen molar-refractivity contribution in [3.63, 3.8) is 0 Å². The Morgan fingerprint density at radius 1 is 1.35 bits per heavy atom. The maximum Gasteiger partial charge on any atom is 0.212 e. The minimum atomic E-state index is 0.690. The lowest BCUT2D eigenvalue weighted by atomic mass is 10.3. The molecule has 0 aliphatic rings. The van der Waals surface area contributed by atoms with Crippen LogP contribution in [0.25, 0.3) is 16.7 Å². The molecule has 84 valence electrons. The Balaban J connectivity index is 2.31. The summed E-state index contributed by atoms with van der Waals surface area (Å²) in [6.07, 6.45) is 1.84. The Bertz CT molecular complexity index is 690. The van der Waals surface area contributed by atoms with Crippen molar-refractivity contribution in [3.8, 4) is 0 Å². The molecule has 0 radical (unpaired) electrons. The number of para-hydroxylation sites is 2. The van der Waals surface area contributed by atoms with Gasteiger partial charge in [0.2, 0.25) is 5.65 Å². The standard InChI is InChI=1S/C11H9N5S/c1-2-7-17-11-10-13-14-15-16(10)9-6-4-3-5-8(9)12-11/h2-6H,1,7H2. The van der Waals surface area contributed by atoms with Gasteiger partial charge in [-0.15, -0.1) is 11.7 Å². The minimum absolute atomic E-state index is 0.690. The van der Waals surface area contributed by atoms with Gasteiger partial charge in [0.25, 0.3) is 0 Å². The first-order chi connectivity index (χ1) is 8.40. The van der Waals surface area contributed by atoms with Gasteiger partial charge in [-0.3, -0.25) is 0 Å². The number of rotatable bonds is 3. The highest BCUT2D eigenvalue weighted by Gasteiger charge is 2.10. The lowest BCUT2D eigenvalue weighted by molar-refractivity contribution is 0.839. The Labute approximate surface area is 102 Å². The highest BCUT2D eigenvalue weighted by Crippen LogP contribution is 2.23. The normalized spacial score (nSPS) is 11.1. The van der Waals surface area contributed by atoms with Crippen LogP contribution in [0.15, 0.2) is 41.9 Å². The van der Waals surface area contributed by atoms with Crippen molar-refractivity contribution < 1.29 is 0 Å². The fraction of sp³-hybridized carbons (Fsp3) is 0.0909. The second kappa shape index (κ2) is 4.14. The molecule has 3 aromatic rings. The fourth-order valence-corrected chi connectivity index (χ4v) is 2.31. The van der Waals surface area contributed by atoms with Crippen LogP contribution < -0.4 is 0 Å². The summed E-state index contributed by atoms with van der Waals surface area (Å²) in [6, 6.07) is 7.80. The van der Waals surface area contributed by atoms with Crippen LogP contribution in [-0.4, -0.2) is 30.8 Å². The Kier molecular flexibility index (Phi) is 2.49. The van der Waals surface area contributed by atoms with Crippen molar-refractivity contribution in [2.24, 2.45) is 0 Å². The molecule has 0 bridgehead atoms. The zero-order valence-corrected chi connectivity index (χ0v) is 9.76. The number of hydrogen-bond donors (Lipinski definition) is 0. The number of nitrogens with zero attached hydrogens (tertiary/aromatic N) is 5. The van der Waals surface area contributed by atoms with E-state index in [-0.39, 0.29) is 0 Å². The first-order valence-electron chi connectivity index (χ1n) is 5.10. The molecule has 0 N–H and O–H groups in total. The monoisotopic (exact) mass is 243 g/mol. The zero-order chi connectivity index (χ0) is 11.7. The second-order valence-corrected chi connectivity index (χ2v) is 4.43. The van der Waals surface area contributed by atoms with Gasteiger partial charge < -0.3 is 0 Å². The molecule has 0 amide bonds. The molecule has 0 saturated heterocycles. The van der Waals surface area contributed by atoms with Gasteiger partial charge in [-0.2, -0.15) is 4.52 Å². The summed E-state index contributed by atoms with van der Waals surface area (Å²) < 4.78 is 1.72. The Morgan fingerprint density at radius 2 is 2.24 bits per heavy atom. The average molecular weight is 243 g/mol. The zero-order valence-electron chi connectivity index (χ0n) is 8.95. The molecule has 0 fully saturated rings. The molecule has 2 heterocycles. The molecular formula is C11H9N5S. The lowest BCUT2D eigenvalue weighted by Gasteiger charge is -2.03. The predicted octanol–water partition coefficient (Wildman–Crippen LogP) is 1.95. The van der Waals surface area contributed by atoms with E-state index in [1.807, 2.05) is 30.3 Å². The second-order valence-electron chi connectivity index (χ2n) is 3.42. The van der Waals surface area contributed by atoms with E-state index < -0.39 is 0 Å². The van der Waals surface area contributed by atoms with Crippen LogP contribution in [0.4, 0.5) is 0 Å². The summed E-state index contributed by atoms with van der Waals surface area (Å²) in [5, 5.41) is 12.5. The molecule has 0 atom stereocenters. The Morgan fingerprint density at radius 3 is 3.12 bits per heavy atom. The SMILES string of the molecule is C=CCSc1nc2ccccc2n2nnnc12. The predicted molar refractivity (Wildman–Crippen MR) is 67.0 cm³/mol. The molecule has 0 spiro atoms. The molecule has 0 aliphatic carbocycles. The number of hydrogen-bond acceptors (Lipinski definition) is 5.